The number of benzene rings is 3. The average Bonchev–Trinajstić information content (AvgIpc) is 3.90. The summed E-state index contributed by atoms with van der Waals surface area (Å²) in [4.78, 5) is 101. The van der Waals surface area contributed by atoms with Gasteiger partial charge >= 0.3 is 0 Å². The molecule has 0 aliphatic carbocycles. The topological polar surface area (TPSA) is 357 Å². The number of unbranched alkanes of at least 4 members (excludes halogenated alkanes) is 3. The van der Waals surface area contributed by atoms with E-state index in [1.165, 1.54) is 43.3 Å². The van der Waals surface area contributed by atoms with Gasteiger partial charge in [-0.1, -0.05) is 57.4 Å². The minimum Gasteiger partial charge on any atom is -0.508 e. The Bertz CT molecular complexity index is 2490. The first kappa shape index (κ1) is 56.8. The van der Waals surface area contributed by atoms with Crippen molar-refractivity contribution in [2.24, 2.45) is 5.92 Å². The molecular weight excluding hydrogens is 967 g/mol. The first-order valence-electron chi connectivity index (χ1n) is 24.9. The van der Waals surface area contributed by atoms with Crippen molar-refractivity contribution in [2.75, 3.05) is 19.7 Å². The van der Waals surface area contributed by atoms with Crippen LogP contribution in [0.2, 0.25) is 0 Å². The predicted octanol–water partition coefficient (Wildman–Crippen LogP) is -2.21. The number of fused-ring (bicyclic) bond motifs is 3. The summed E-state index contributed by atoms with van der Waals surface area (Å²) in [5.74, 6) is -8.17. The monoisotopic (exact) mass is 1040 g/mol. The number of carbonyl (C=O) groups excluding carboxylic acids is 7. The number of nitrogens with zero attached hydrogens (tertiary/aromatic N) is 2. The summed E-state index contributed by atoms with van der Waals surface area (Å²) in [5.41, 5.74) is 0.406. The van der Waals surface area contributed by atoms with Crippen LogP contribution in [0.15, 0.2) is 60.7 Å². The highest BCUT2D eigenvalue weighted by molar-refractivity contribution is 6.02. The van der Waals surface area contributed by atoms with Gasteiger partial charge in [-0.05, 0) is 73.0 Å². The molecule has 0 saturated carbocycles. The van der Waals surface area contributed by atoms with Gasteiger partial charge in [0.15, 0.2) is 6.23 Å². The zero-order chi connectivity index (χ0) is 54.1. The van der Waals surface area contributed by atoms with Crippen molar-refractivity contribution in [3.05, 3.63) is 71.8 Å². The largest absolute Gasteiger partial charge is 0.508 e. The molecule has 0 bridgehead atoms. The van der Waals surface area contributed by atoms with Gasteiger partial charge < -0.3 is 82.0 Å². The standard InChI is InChI=1S/C51H69N7O16/c1-5-6-7-8-17-74-34-16-13-29-19-31(12-11-30(29)20-34)44(66)52-35-22-38(64)47(69)56-49(71)42-43(65)25(2)23-58(42)51(73)40(27(4)60)54-48(70)41(37(63)18-28-9-14-32(61)15-10-28)55-46(68)36-21-33(62)24-57(36)50(72)39(26(3)59)53-45(35)67/h9-16,19-20,25-27,33,35-43,47,59-65,69H,5-8,17-18,21-24H2,1-4H3,(H,52,66)(H,53,67)(H,54,70)(H,55,68)(H,56,71). The molecule has 3 aromatic carbocycles. The van der Waals surface area contributed by atoms with Crippen molar-refractivity contribution in [3.8, 4) is 11.5 Å². The number of aromatic hydroxyl groups is 1. The number of aliphatic hydroxyl groups is 7. The second-order valence-corrected chi connectivity index (χ2v) is 19.6. The Morgan fingerprint density at radius 2 is 1.34 bits per heavy atom. The van der Waals surface area contributed by atoms with Crippen LogP contribution in [0.3, 0.4) is 0 Å². The fourth-order valence-corrected chi connectivity index (χ4v) is 9.41. The highest BCUT2D eigenvalue weighted by Crippen LogP contribution is 2.27. The lowest BCUT2D eigenvalue weighted by molar-refractivity contribution is -0.148. The number of ether oxygens (including phenoxy) is 1. The molecule has 3 saturated heterocycles. The molecule has 6 rings (SSSR count). The fourth-order valence-electron chi connectivity index (χ4n) is 9.41. The van der Waals surface area contributed by atoms with Gasteiger partial charge in [-0.3, -0.25) is 33.6 Å². The molecule has 0 aromatic heterocycles. The van der Waals surface area contributed by atoms with Gasteiger partial charge in [0.2, 0.25) is 35.4 Å². The summed E-state index contributed by atoms with van der Waals surface area (Å²) in [7, 11) is 0. The summed E-state index contributed by atoms with van der Waals surface area (Å²) in [6.07, 6.45) is -10.1. The van der Waals surface area contributed by atoms with Gasteiger partial charge in [0.05, 0.1) is 37.1 Å². The zero-order valence-electron chi connectivity index (χ0n) is 41.7. The van der Waals surface area contributed by atoms with Crippen LogP contribution in [0, 0.1) is 5.92 Å². The zero-order valence-corrected chi connectivity index (χ0v) is 41.7. The third-order valence-electron chi connectivity index (χ3n) is 13.7. The number of carbonyl (C=O) groups is 7. The van der Waals surface area contributed by atoms with E-state index in [1.54, 1.807) is 24.3 Å². The normalized spacial score (nSPS) is 28.9. The smallest absolute Gasteiger partial charge is 0.251 e. The van der Waals surface area contributed by atoms with Gasteiger partial charge in [-0.2, -0.15) is 0 Å². The molecule has 74 heavy (non-hydrogen) atoms. The Hall–Kier alpha value is -6.47. The summed E-state index contributed by atoms with van der Waals surface area (Å²) >= 11 is 0. The van der Waals surface area contributed by atoms with Gasteiger partial charge in [0.1, 0.15) is 53.9 Å². The van der Waals surface area contributed by atoms with Gasteiger partial charge in [0.25, 0.3) is 5.91 Å². The van der Waals surface area contributed by atoms with Gasteiger partial charge in [-0.25, -0.2) is 0 Å². The van der Waals surface area contributed by atoms with E-state index >= 15 is 0 Å². The van der Waals surface area contributed by atoms with Crippen molar-refractivity contribution in [1.29, 1.82) is 0 Å². The van der Waals surface area contributed by atoms with Crippen molar-refractivity contribution in [2.45, 2.75) is 152 Å². The number of hydrogen-bond acceptors (Lipinski definition) is 16. The molecule has 0 spiro atoms. The van der Waals surface area contributed by atoms with Crippen LogP contribution in [0.5, 0.6) is 11.5 Å². The second-order valence-electron chi connectivity index (χ2n) is 19.6. The van der Waals surface area contributed by atoms with Crippen LogP contribution in [-0.2, 0) is 35.2 Å². The molecule has 23 nitrogen and oxygen atoms in total. The van der Waals surface area contributed by atoms with Gasteiger partial charge in [-0.15, -0.1) is 0 Å². The number of aliphatic hydroxyl groups excluding tert-OH is 7. The lowest BCUT2D eigenvalue weighted by atomic mass is 9.99. The Morgan fingerprint density at radius 1 is 0.716 bits per heavy atom. The maximum atomic E-state index is 14.4. The Morgan fingerprint density at radius 3 is 2.00 bits per heavy atom. The summed E-state index contributed by atoms with van der Waals surface area (Å²) in [6, 6.07) is 4.35. The molecule has 3 fully saturated rings. The molecule has 404 valence electrons. The van der Waals surface area contributed by atoms with Crippen LogP contribution >= 0.6 is 0 Å². The first-order valence-corrected chi connectivity index (χ1v) is 24.9. The fraction of sp³-hybridized carbons (Fsp3) is 0.549. The molecule has 3 aliphatic heterocycles. The number of hydrogen-bond donors (Lipinski definition) is 13. The lowest BCUT2D eigenvalue weighted by Crippen LogP contribution is -2.64. The SMILES string of the molecule is CCCCCCOc1ccc2cc(C(=O)NC3CC(O)C(O)NC(=O)C4C(O)C(C)CN4C(=O)C(C(C)O)NC(=O)C(C(O)Cc4ccc(O)cc4)NC(=O)C4CC(O)CN4C(=O)C(C(C)O)NC3=O)ccc2c1. The molecule has 14 atom stereocenters. The van der Waals surface area contributed by atoms with Crippen LogP contribution in [-0.4, -0.2) is 191 Å². The van der Waals surface area contributed by atoms with Crippen molar-refractivity contribution in [1.82, 2.24) is 36.4 Å². The summed E-state index contributed by atoms with van der Waals surface area (Å²) < 4.78 is 5.90. The second kappa shape index (κ2) is 25.2. The summed E-state index contributed by atoms with van der Waals surface area (Å²) in [6.45, 7) is 5.54. The molecule has 3 aromatic rings. The maximum Gasteiger partial charge on any atom is 0.251 e. The molecule has 23 heteroatoms. The number of phenolic OH excluding ortho intramolecular Hbond substituents is 1. The number of amides is 7. The molecular formula is C51H69N7O16. The van der Waals surface area contributed by atoms with E-state index in [4.69, 9.17) is 4.74 Å². The van der Waals surface area contributed by atoms with E-state index in [9.17, 15) is 74.4 Å². The number of rotatable bonds is 13. The van der Waals surface area contributed by atoms with Crippen molar-refractivity contribution < 1.29 is 79.2 Å². The molecule has 3 aliphatic rings. The highest BCUT2D eigenvalue weighted by Gasteiger charge is 2.50. The van der Waals surface area contributed by atoms with Crippen LogP contribution in [0.4, 0.5) is 0 Å². The average molecular weight is 1040 g/mol. The molecule has 3 heterocycles. The van der Waals surface area contributed by atoms with E-state index in [0.29, 0.717) is 23.3 Å². The van der Waals surface area contributed by atoms with Crippen LogP contribution in [0.25, 0.3) is 10.8 Å². The molecule has 7 amide bonds. The first-order chi connectivity index (χ1) is 35.1. The third kappa shape index (κ3) is 13.8. The minimum absolute atomic E-state index is 0.0383. The third-order valence-corrected chi connectivity index (χ3v) is 13.7. The molecule has 0 radical (unpaired) electrons. The molecule has 14 unspecified atom stereocenters. The van der Waals surface area contributed by atoms with Crippen molar-refractivity contribution >= 4 is 52.1 Å². The number of nitrogens with one attached hydrogen (secondary N) is 5. The maximum absolute atomic E-state index is 14.4. The van der Waals surface area contributed by atoms with E-state index in [2.05, 4.69) is 33.5 Å². The van der Waals surface area contributed by atoms with E-state index in [0.717, 1.165) is 54.7 Å². The van der Waals surface area contributed by atoms with E-state index in [1.807, 2.05) is 0 Å². The van der Waals surface area contributed by atoms with Gasteiger partial charge in [0, 0.05) is 43.8 Å². The Balaban J connectivity index is 1.35. The molecule has 13 N–H and O–H groups in total. The lowest BCUT2D eigenvalue weighted by Gasteiger charge is -2.33. The Labute approximate surface area is 427 Å². The minimum atomic E-state index is -2.26. The predicted molar refractivity (Wildman–Crippen MR) is 263 cm³/mol. The highest BCUT2D eigenvalue weighted by atomic mass is 16.5. The van der Waals surface area contributed by atoms with Crippen molar-refractivity contribution in [3.63, 3.8) is 0 Å². The van der Waals surface area contributed by atoms with Crippen LogP contribution < -0.4 is 31.3 Å². The Kier molecular flexibility index (Phi) is 19.3. The van der Waals surface area contributed by atoms with E-state index < -0.39 is 146 Å². The van der Waals surface area contributed by atoms with E-state index in [-0.39, 0.29) is 24.3 Å². The van der Waals surface area contributed by atoms with Crippen LogP contribution in [0.1, 0.15) is 82.1 Å². The number of phenols is 1. The quantitative estimate of drug-likeness (QED) is 0.0808. The summed E-state index contributed by atoms with van der Waals surface area (Å²) in [5, 5.41) is 101.